The molecule has 112 valence electrons. The first-order chi connectivity index (χ1) is 10.1. The average Bonchev–Trinajstić information content (AvgIpc) is 2.48. The summed E-state index contributed by atoms with van der Waals surface area (Å²) >= 11 is 7.92. The zero-order chi connectivity index (χ0) is 15.2. The summed E-state index contributed by atoms with van der Waals surface area (Å²) in [6.45, 7) is 4.26. The molecule has 0 aliphatic rings. The highest BCUT2D eigenvalue weighted by atomic mass is 35.5. The molecule has 2 aromatic rings. The van der Waals surface area contributed by atoms with E-state index >= 15 is 0 Å². The van der Waals surface area contributed by atoms with Crippen LogP contribution in [0.2, 0.25) is 5.02 Å². The second-order valence-corrected chi connectivity index (χ2v) is 6.71. The van der Waals surface area contributed by atoms with E-state index in [2.05, 4.69) is 37.5 Å². The Balaban J connectivity index is 2.00. The fourth-order valence-electron chi connectivity index (χ4n) is 2.20. The Morgan fingerprint density at radius 3 is 2.67 bits per heavy atom. The number of rotatable bonds is 6. The van der Waals surface area contributed by atoms with E-state index < -0.39 is 0 Å². The van der Waals surface area contributed by atoms with Gasteiger partial charge in [-0.3, -0.25) is 11.3 Å². The molecule has 0 spiro atoms. The van der Waals surface area contributed by atoms with Crippen LogP contribution in [0.4, 0.5) is 0 Å². The molecule has 0 saturated carbocycles. The first-order valence-electron chi connectivity index (χ1n) is 6.99. The molecular weight excluding hydrogens is 300 g/mol. The number of hydrazine groups is 1. The zero-order valence-corrected chi connectivity index (χ0v) is 14.0. The van der Waals surface area contributed by atoms with Gasteiger partial charge in [-0.05, 0) is 43.5 Å². The van der Waals surface area contributed by atoms with Gasteiger partial charge in [0.1, 0.15) is 0 Å². The van der Waals surface area contributed by atoms with Crippen molar-refractivity contribution in [2.45, 2.75) is 31.2 Å². The SMILES string of the molecule is Cc1ccc(C)c(CC(CSc2ccccc2Cl)NN)c1. The molecule has 0 aliphatic carbocycles. The van der Waals surface area contributed by atoms with Crippen molar-refractivity contribution >= 4 is 23.4 Å². The normalized spacial score (nSPS) is 12.4. The molecule has 2 rings (SSSR count). The molecule has 0 amide bonds. The molecule has 2 nitrogen and oxygen atoms in total. The second kappa shape index (κ2) is 7.85. The van der Waals surface area contributed by atoms with Gasteiger partial charge in [0, 0.05) is 16.7 Å². The molecule has 1 atom stereocenters. The van der Waals surface area contributed by atoms with Crippen molar-refractivity contribution in [2.75, 3.05) is 5.75 Å². The molecule has 4 heteroatoms. The predicted molar refractivity (Wildman–Crippen MR) is 92.9 cm³/mol. The summed E-state index contributed by atoms with van der Waals surface area (Å²) in [6.07, 6.45) is 0.918. The van der Waals surface area contributed by atoms with E-state index in [1.807, 2.05) is 24.3 Å². The Labute approximate surface area is 136 Å². The first kappa shape index (κ1) is 16.4. The van der Waals surface area contributed by atoms with Crippen LogP contribution in [-0.2, 0) is 6.42 Å². The molecule has 3 N–H and O–H groups in total. The number of nitrogens with two attached hydrogens (primary N) is 1. The second-order valence-electron chi connectivity index (χ2n) is 5.24. The number of thioether (sulfide) groups is 1. The monoisotopic (exact) mass is 320 g/mol. The lowest BCUT2D eigenvalue weighted by Crippen LogP contribution is -2.38. The van der Waals surface area contributed by atoms with Crippen molar-refractivity contribution in [3.8, 4) is 0 Å². The van der Waals surface area contributed by atoms with Gasteiger partial charge in [0.25, 0.3) is 0 Å². The largest absolute Gasteiger partial charge is 0.271 e. The molecule has 0 aromatic heterocycles. The molecule has 1 unspecified atom stereocenters. The van der Waals surface area contributed by atoms with Crippen molar-refractivity contribution in [3.05, 3.63) is 64.2 Å². The number of benzene rings is 2. The van der Waals surface area contributed by atoms with Crippen molar-refractivity contribution in [3.63, 3.8) is 0 Å². The number of nitrogens with one attached hydrogen (secondary N) is 1. The van der Waals surface area contributed by atoms with Gasteiger partial charge in [-0.1, -0.05) is 47.5 Å². The summed E-state index contributed by atoms with van der Waals surface area (Å²) in [7, 11) is 0. The van der Waals surface area contributed by atoms with E-state index in [1.165, 1.54) is 16.7 Å². The highest BCUT2D eigenvalue weighted by Gasteiger charge is 2.11. The minimum absolute atomic E-state index is 0.215. The zero-order valence-electron chi connectivity index (χ0n) is 12.4. The lowest BCUT2D eigenvalue weighted by molar-refractivity contribution is 0.574. The topological polar surface area (TPSA) is 38.0 Å². The van der Waals surface area contributed by atoms with Gasteiger partial charge in [-0.25, -0.2) is 0 Å². The molecule has 21 heavy (non-hydrogen) atoms. The summed E-state index contributed by atoms with van der Waals surface area (Å²) in [4.78, 5) is 1.10. The first-order valence-corrected chi connectivity index (χ1v) is 8.36. The Hall–Kier alpha value is -1.00. The van der Waals surface area contributed by atoms with Crippen molar-refractivity contribution in [1.82, 2.24) is 5.43 Å². The lowest BCUT2D eigenvalue weighted by Gasteiger charge is -2.17. The van der Waals surface area contributed by atoms with Crippen molar-refractivity contribution in [1.29, 1.82) is 0 Å². The van der Waals surface area contributed by atoms with Gasteiger partial charge in [0.2, 0.25) is 0 Å². The van der Waals surface area contributed by atoms with Crippen LogP contribution in [0.5, 0.6) is 0 Å². The molecule has 0 bridgehead atoms. The minimum atomic E-state index is 0.215. The standard InChI is InChI=1S/C17H21ClN2S/c1-12-7-8-13(2)14(9-12)10-15(20-19)11-21-17-6-4-3-5-16(17)18/h3-9,15,20H,10-11,19H2,1-2H3. The van der Waals surface area contributed by atoms with Crippen LogP contribution in [0, 0.1) is 13.8 Å². The summed E-state index contributed by atoms with van der Waals surface area (Å²) < 4.78 is 0. The third-order valence-corrected chi connectivity index (χ3v) is 5.16. The minimum Gasteiger partial charge on any atom is -0.271 e. The summed E-state index contributed by atoms with van der Waals surface area (Å²) in [6, 6.07) is 14.7. The van der Waals surface area contributed by atoms with E-state index in [0.29, 0.717) is 0 Å². The van der Waals surface area contributed by atoms with Gasteiger partial charge in [-0.2, -0.15) is 0 Å². The average molecular weight is 321 g/mol. The van der Waals surface area contributed by atoms with Crippen molar-refractivity contribution in [2.24, 2.45) is 5.84 Å². The maximum absolute atomic E-state index is 6.18. The van der Waals surface area contributed by atoms with E-state index in [1.54, 1.807) is 11.8 Å². The third-order valence-electron chi connectivity index (χ3n) is 3.48. The fraction of sp³-hybridized carbons (Fsp3) is 0.294. The number of aryl methyl sites for hydroxylation is 2. The van der Waals surface area contributed by atoms with Crippen LogP contribution in [0.1, 0.15) is 16.7 Å². The summed E-state index contributed by atoms with van der Waals surface area (Å²) in [5.41, 5.74) is 6.86. The molecule has 2 aromatic carbocycles. The third kappa shape index (κ3) is 4.75. The van der Waals surface area contributed by atoms with Gasteiger partial charge in [0.15, 0.2) is 0 Å². The lowest BCUT2D eigenvalue weighted by atomic mass is 10.00. The number of halogens is 1. The Kier molecular flexibility index (Phi) is 6.12. The maximum Gasteiger partial charge on any atom is 0.0541 e. The van der Waals surface area contributed by atoms with E-state index in [4.69, 9.17) is 17.4 Å². The van der Waals surface area contributed by atoms with Gasteiger partial charge >= 0.3 is 0 Å². The molecule has 0 heterocycles. The van der Waals surface area contributed by atoms with Crippen LogP contribution in [0.15, 0.2) is 47.4 Å². The number of hydrogen-bond acceptors (Lipinski definition) is 3. The van der Waals surface area contributed by atoms with Gasteiger partial charge in [-0.15, -0.1) is 11.8 Å². The summed E-state index contributed by atoms with van der Waals surface area (Å²) in [5.74, 6) is 6.60. The Morgan fingerprint density at radius 2 is 1.95 bits per heavy atom. The summed E-state index contributed by atoms with van der Waals surface area (Å²) in [5, 5.41) is 0.796. The van der Waals surface area contributed by atoms with E-state index in [-0.39, 0.29) is 6.04 Å². The molecule has 0 saturated heterocycles. The van der Waals surface area contributed by atoms with E-state index in [0.717, 1.165) is 22.1 Å². The fourth-order valence-corrected chi connectivity index (χ4v) is 3.48. The van der Waals surface area contributed by atoms with Crippen LogP contribution in [0.25, 0.3) is 0 Å². The quantitative estimate of drug-likeness (QED) is 0.477. The van der Waals surface area contributed by atoms with Gasteiger partial charge < -0.3 is 0 Å². The van der Waals surface area contributed by atoms with E-state index in [9.17, 15) is 0 Å². The Bertz CT molecular complexity index is 601. The van der Waals surface area contributed by atoms with Crippen LogP contribution in [-0.4, -0.2) is 11.8 Å². The smallest absolute Gasteiger partial charge is 0.0541 e. The molecule has 0 fully saturated rings. The molecule has 0 aliphatic heterocycles. The predicted octanol–water partition coefficient (Wildman–Crippen LogP) is 4.12. The molecule has 0 radical (unpaired) electrons. The molecular formula is C17H21ClN2S. The van der Waals surface area contributed by atoms with Gasteiger partial charge in [0.05, 0.1) is 5.02 Å². The van der Waals surface area contributed by atoms with Crippen LogP contribution < -0.4 is 11.3 Å². The maximum atomic E-state index is 6.18. The van der Waals surface area contributed by atoms with Crippen LogP contribution >= 0.6 is 23.4 Å². The highest BCUT2D eigenvalue weighted by molar-refractivity contribution is 7.99. The van der Waals surface area contributed by atoms with Crippen molar-refractivity contribution < 1.29 is 0 Å². The van der Waals surface area contributed by atoms with Crippen LogP contribution in [0.3, 0.4) is 0 Å². The number of hydrogen-bond donors (Lipinski definition) is 2. The highest BCUT2D eigenvalue weighted by Crippen LogP contribution is 2.27. The Morgan fingerprint density at radius 1 is 1.19 bits per heavy atom.